The van der Waals surface area contributed by atoms with Crippen LogP contribution >= 0.6 is 0 Å². The molecule has 0 radical (unpaired) electrons. The van der Waals surface area contributed by atoms with Gasteiger partial charge in [0.15, 0.2) is 5.82 Å². The fourth-order valence-electron chi connectivity index (χ4n) is 1.68. The van der Waals surface area contributed by atoms with Crippen molar-refractivity contribution in [3.8, 4) is 11.4 Å². The lowest BCUT2D eigenvalue weighted by Gasteiger charge is -2.08. The van der Waals surface area contributed by atoms with Gasteiger partial charge in [-0.05, 0) is 32.4 Å². The number of hydrogen-bond acceptors (Lipinski definition) is 4. The van der Waals surface area contributed by atoms with Crippen molar-refractivity contribution in [1.82, 2.24) is 15.0 Å². The zero-order chi connectivity index (χ0) is 13.0. The van der Waals surface area contributed by atoms with Gasteiger partial charge in [0.25, 0.3) is 0 Å². The summed E-state index contributed by atoms with van der Waals surface area (Å²) in [6.07, 6.45) is 2.72. The maximum Gasteiger partial charge on any atom is 0.163 e. The minimum absolute atomic E-state index is 0.734. The molecule has 0 aromatic carbocycles. The van der Waals surface area contributed by atoms with Gasteiger partial charge in [0, 0.05) is 35.8 Å². The van der Waals surface area contributed by atoms with Crippen LogP contribution in [0.2, 0.25) is 0 Å². The lowest BCUT2D eigenvalue weighted by Crippen LogP contribution is -2.03. The highest BCUT2D eigenvalue weighted by Gasteiger charge is 2.06. The molecule has 4 nitrogen and oxygen atoms in total. The van der Waals surface area contributed by atoms with Crippen LogP contribution in [0.4, 0.5) is 5.82 Å². The van der Waals surface area contributed by atoms with Crippen molar-refractivity contribution in [1.29, 1.82) is 0 Å². The molecule has 0 aliphatic carbocycles. The standard InChI is InChI=1S/C14H18N4/c1-4-12-8-13(15-5-2)18-14(17-12)11-7-6-10(3)16-9-11/h6-9H,4-5H2,1-3H3,(H,15,17,18). The lowest BCUT2D eigenvalue weighted by atomic mass is 10.2. The maximum absolute atomic E-state index is 4.54. The van der Waals surface area contributed by atoms with E-state index in [-0.39, 0.29) is 0 Å². The molecule has 2 aromatic rings. The minimum Gasteiger partial charge on any atom is -0.370 e. The molecule has 2 heterocycles. The Bertz CT molecular complexity index is 520. The van der Waals surface area contributed by atoms with E-state index in [1.165, 1.54) is 0 Å². The Hall–Kier alpha value is -1.97. The molecule has 2 rings (SSSR count). The Morgan fingerprint density at radius 2 is 2.00 bits per heavy atom. The number of rotatable bonds is 4. The number of nitrogens with one attached hydrogen (secondary N) is 1. The fraction of sp³-hybridized carbons (Fsp3) is 0.357. The molecule has 1 N–H and O–H groups in total. The lowest BCUT2D eigenvalue weighted by molar-refractivity contribution is 0.996. The zero-order valence-electron chi connectivity index (χ0n) is 11.1. The fourth-order valence-corrected chi connectivity index (χ4v) is 1.68. The van der Waals surface area contributed by atoms with Crippen molar-refractivity contribution < 1.29 is 0 Å². The van der Waals surface area contributed by atoms with E-state index >= 15 is 0 Å². The molecule has 0 amide bonds. The molecule has 0 saturated heterocycles. The van der Waals surface area contributed by atoms with Crippen LogP contribution in [0.3, 0.4) is 0 Å². The summed E-state index contributed by atoms with van der Waals surface area (Å²) in [6, 6.07) is 5.98. The maximum atomic E-state index is 4.54. The van der Waals surface area contributed by atoms with Gasteiger partial charge in [-0.15, -0.1) is 0 Å². The van der Waals surface area contributed by atoms with Gasteiger partial charge < -0.3 is 5.32 Å². The third kappa shape index (κ3) is 2.83. The topological polar surface area (TPSA) is 50.7 Å². The summed E-state index contributed by atoms with van der Waals surface area (Å²) in [6.45, 7) is 6.97. The molecule has 2 aromatic heterocycles. The van der Waals surface area contributed by atoms with Crippen molar-refractivity contribution in [2.24, 2.45) is 0 Å². The highest BCUT2D eigenvalue weighted by Crippen LogP contribution is 2.17. The van der Waals surface area contributed by atoms with Gasteiger partial charge in [-0.25, -0.2) is 9.97 Å². The first-order valence-corrected chi connectivity index (χ1v) is 6.27. The van der Waals surface area contributed by atoms with Gasteiger partial charge in [-0.3, -0.25) is 4.98 Å². The molecule has 0 aliphatic heterocycles. The molecule has 0 fully saturated rings. The second kappa shape index (κ2) is 5.58. The molecule has 0 saturated carbocycles. The number of hydrogen-bond donors (Lipinski definition) is 1. The predicted octanol–water partition coefficient (Wildman–Crippen LogP) is 2.84. The first kappa shape index (κ1) is 12.5. The zero-order valence-corrected chi connectivity index (χ0v) is 11.1. The largest absolute Gasteiger partial charge is 0.370 e. The van der Waals surface area contributed by atoms with Crippen LogP contribution < -0.4 is 5.32 Å². The second-order valence-corrected chi connectivity index (χ2v) is 4.14. The van der Waals surface area contributed by atoms with Gasteiger partial charge in [0.1, 0.15) is 5.82 Å². The van der Waals surface area contributed by atoms with E-state index in [1.807, 2.05) is 31.3 Å². The van der Waals surface area contributed by atoms with Gasteiger partial charge >= 0.3 is 0 Å². The van der Waals surface area contributed by atoms with E-state index < -0.39 is 0 Å². The van der Waals surface area contributed by atoms with Crippen LogP contribution in [0, 0.1) is 6.92 Å². The van der Waals surface area contributed by atoms with Crippen LogP contribution in [-0.2, 0) is 6.42 Å². The smallest absolute Gasteiger partial charge is 0.163 e. The quantitative estimate of drug-likeness (QED) is 0.895. The van der Waals surface area contributed by atoms with Gasteiger partial charge in [0.05, 0.1) is 0 Å². The SMILES string of the molecule is CCNc1cc(CC)nc(-c2ccc(C)nc2)n1. The van der Waals surface area contributed by atoms with Crippen molar-refractivity contribution in [2.75, 3.05) is 11.9 Å². The summed E-state index contributed by atoms with van der Waals surface area (Å²) < 4.78 is 0. The molecular weight excluding hydrogens is 224 g/mol. The summed E-state index contributed by atoms with van der Waals surface area (Å²) in [7, 11) is 0. The van der Waals surface area contributed by atoms with E-state index in [2.05, 4.69) is 34.1 Å². The van der Waals surface area contributed by atoms with Gasteiger partial charge in [-0.1, -0.05) is 6.92 Å². The van der Waals surface area contributed by atoms with Crippen LogP contribution in [-0.4, -0.2) is 21.5 Å². The molecule has 0 aliphatic rings. The first-order valence-electron chi connectivity index (χ1n) is 6.27. The van der Waals surface area contributed by atoms with E-state index in [1.54, 1.807) is 0 Å². The Kier molecular flexibility index (Phi) is 3.87. The molecule has 0 bridgehead atoms. The average Bonchev–Trinajstić information content (AvgIpc) is 2.39. The monoisotopic (exact) mass is 242 g/mol. The molecule has 18 heavy (non-hydrogen) atoms. The number of aromatic nitrogens is 3. The van der Waals surface area contributed by atoms with Gasteiger partial charge in [-0.2, -0.15) is 0 Å². The first-order chi connectivity index (χ1) is 8.72. The molecule has 94 valence electrons. The molecular formula is C14H18N4. The average molecular weight is 242 g/mol. The van der Waals surface area contributed by atoms with Crippen molar-refractivity contribution in [3.05, 3.63) is 35.8 Å². The summed E-state index contributed by atoms with van der Waals surface area (Å²) in [4.78, 5) is 13.3. The van der Waals surface area contributed by atoms with Crippen LogP contribution in [0.5, 0.6) is 0 Å². The summed E-state index contributed by atoms with van der Waals surface area (Å²) in [5.41, 5.74) is 2.99. The van der Waals surface area contributed by atoms with Crippen LogP contribution in [0.1, 0.15) is 25.2 Å². The third-order valence-electron chi connectivity index (χ3n) is 2.67. The number of nitrogens with zero attached hydrogens (tertiary/aromatic N) is 3. The predicted molar refractivity (Wildman–Crippen MR) is 73.5 cm³/mol. The summed E-state index contributed by atoms with van der Waals surface area (Å²) in [5, 5.41) is 3.23. The summed E-state index contributed by atoms with van der Waals surface area (Å²) >= 11 is 0. The van der Waals surface area contributed by atoms with E-state index in [4.69, 9.17) is 0 Å². The van der Waals surface area contributed by atoms with Gasteiger partial charge in [0.2, 0.25) is 0 Å². The minimum atomic E-state index is 0.734. The summed E-state index contributed by atoms with van der Waals surface area (Å²) in [5.74, 6) is 1.61. The number of aryl methyl sites for hydroxylation is 2. The van der Waals surface area contributed by atoms with Crippen LogP contribution in [0.15, 0.2) is 24.4 Å². The van der Waals surface area contributed by atoms with Crippen molar-refractivity contribution in [3.63, 3.8) is 0 Å². The van der Waals surface area contributed by atoms with E-state index in [9.17, 15) is 0 Å². The normalized spacial score (nSPS) is 10.4. The van der Waals surface area contributed by atoms with Crippen molar-refractivity contribution >= 4 is 5.82 Å². The Balaban J connectivity index is 2.42. The number of pyridine rings is 1. The third-order valence-corrected chi connectivity index (χ3v) is 2.67. The van der Waals surface area contributed by atoms with Crippen molar-refractivity contribution in [2.45, 2.75) is 27.2 Å². The Labute approximate surface area is 108 Å². The van der Waals surface area contributed by atoms with Crippen LogP contribution in [0.25, 0.3) is 11.4 Å². The molecule has 0 spiro atoms. The highest BCUT2D eigenvalue weighted by atomic mass is 15.0. The molecule has 4 heteroatoms. The second-order valence-electron chi connectivity index (χ2n) is 4.14. The Morgan fingerprint density at radius 1 is 1.17 bits per heavy atom. The number of anilines is 1. The van der Waals surface area contributed by atoms with E-state index in [0.29, 0.717) is 0 Å². The Morgan fingerprint density at radius 3 is 2.61 bits per heavy atom. The molecule has 0 unspecified atom stereocenters. The highest BCUT2D eigenvalue weighted by molar-refractivity contribution is 5.56. The van der Waals surface area contributed by atoms with E-state index in [0.717, 1.165) is 41.6 Å². The molecule has 0 atom stereocenters.